The summed E-state index contributed by atoms with van der Waals surface area (Å²) < 4.78 is 0. The predicted molar refractivity (Wildman–Crippen MR) is 88.6 cm³/mol. The van der Waals surface area contributed by atoms with E-state index < -0.39 is 0 Å². The van der Waals surface area contributed by atoms with Gasteiger partial charge in [0.1, 0.15) is 0 Å². The molecule has 1 aliphatic carbocycles. The van der Waals surface area contributed by atoms with E-state index in [0.29, 0.717) is 12.5 Å². The first-order chi connectivity index (χ1) is 9.65. The van der Waals surface area contributed by atoms with Crippen molar-refractivity contribution in [2.45, 2.75) is 64.8 Å². The summed E-state index contributed by atoms with van der Waals surface area (Å²) in [6.07, 6.45) is 8.13. The van der Waals surface area contributed by atoms with Crippen LogP contribution in [0.2, 0.25) is 0 Å². The van der Waals surface area contributed by atoms with Gasteiger partial charge in [0.25, 0.3) is 0 Å². The highest BCUT2D eigenvalue weighted by atomic mass is 32.1. The van der Waals surface area contributed by atoms with Crippen molar-refractivity contribution in [2.75, 3.05) is 18.5 Å². The molecule has 4 heteroatoms. The van der Waals surface area contributed by atoms with Gasteiger partial charge in [-0.2, -0.15) is 0 Å². The molecule has 3 nitrogen and oxygen atoms in total. The largest absolute Gasteiger partial charge is 0.351 e. The highest BCUT2D eigenvalue weighted by Crippen LogP contribution is 2.33. The summed E-state index contributed by atoms with van der Waals surface area (Å²) in [6, 6.07) is 0. The van der Waals surface area contributed by atoms with Crippen LogP contribution in [0.5, 0.6) is 0 Å². The number of hydrogen-bond acceptors (Lipinski definition) is 4. The lowest BCUT2D eigenvalue weighted by atomic mass is 9.89. The number of aromatic nitrogens is 1. The maximum Gasteiger partial charge on any atom is 0.185 e. The van der Waals surface area contributed by atoms with E-state index in [1.807, 2.05) is 0 Å². The number of thiazole rings is 1. The van der Waals surface area contributed by atoms with Gasteiger partial charge in [-0.3, -0.25) is 0 Å². The van der Waals surface area contributed by atoms with E-state index >= 15 is 0 Å². The van der Waals surface area contributed by atoms with Gasteiger partial charge in [0.2, 0.25) is 0 Å². The smallest absolute Gasteiger partial charge is 0.185 e. The molecule has 1 aliphatic rings. The molecule has 1 heterocycles. The molecule has 1 unspecified atom stereocenters. The quantitative estimate of drug-likeness (QED) is 0.858. The van der Waals surface area contributed by atoms with E-state index in [1.54, 1.807) is 11.3 Å². The van der Waals surface area contributed by atoms with Crippen molar-refractivity contribution in [1.82, 2.24) is 4.98 Å². The van der Waals surface area contributed by atoms with Gasteiger partial charge in [0.15, 0.2) is 5.13 Å². The Kier molecular flexibility index (Phi) is 5.85. The maximum atomic E-state index is 5.89. The Morgan fingerprint density at radius 2 is 2.05 bits per heavy atom. The Hall–Kier alpha value is -0.610. The summed E-state index contributed by atoms with van der Waals surface area (Å²) in [5.74, 6) is 1.37. The monoisotopic (exact) mass is 295 g/mol. The van der Waals surface area contributed by atoms with Crippen molar-refractivity contribution in [3.63, 3.8) is 0 Å². The molecule has 20 heavy (non-hydrogen) atoms. The number of nitrogens with zero attached hydrogens (tertiary/aromatic N) is 2. The Morgan fingerprint density at radius 3 is 2.65 bits per heavy atom. The third-order valence-corrected chi connectivity index (χ3v) is 5.77. The van der Waals surface area contributed by atoms with Crippen LogP contribution in [0.1, 0.15) is 68.9 Å². The Labute approximate surface area is 127 Å². The van der Waals surface area contributed by atoms with Crippen molar-refractivity contribution >= 4 is 16.5 Å². The Balaban J connectivity index is 2.05. The van der Waals surface area contributed by atoms with Crippen LogP contribution in [0.4, 0.5) is 5.13 Å². The first-order valence-corrected chi connectivity index (χ1v) is 8.88. The molecule has 1 fully saturated rings. The van der Waals surface area contributed by atoms with Crippen molar-refractivity contribution in [1.29, 1.82) is 0 Å². The lowest BCUT2D eigenvalue weighted by molar-refractivity contribution is 0.362. The van der Waals surface area contributed by atoms with Crippen molar-refractivity contribution < 1.29 is 0 Å². The average Bonchev–Trinajstić information content (AvgIpc) is 2.92. The van der Waals surface area contributed by atoms with Crippen molar-refractivity contribution in [3.05, 3.63) is 10.6 Å². The fourth-order valence-electron chi connectivity index (χ4n) is 3.07. The third-order valence-electron chi connectivity index (χ3n) is 4.56. The second-order valence-electron chi connectivity index (χ2n) is 6.20. The molecular formula is C16H29N3S. The van der Waals surface area contributed by atoms with E-state index in [1.165, 1.54) is 42.7 Å². The molecule has 0 radical (unpaired) electrons. The van der Waals surface area contributed by atoms with Crippen LogP contribution >= 0.6 is 11.3 Å². The van der Waals surface area contributed by atoms with Gasteiger partial charge in [0, 0.05) is 25.0 Å². The van der Waals surface area contributed by atoms with Crippen LogP contribution < -0.4 is 10.6 Å². The van der Waals surface area contributed by atoms with Gasteiger partial charge in [-0.05, 0) is 31.1 Å². The second-order valence-corrected chi connectivity index (χ2v) is 7.26. The topological polar surface area (TPSA) is 42.2 Å². The predicted octanol–water partition coefficient (Wildman–Crippen LogP) is 4.13. The SMILES string of the molecule is CCC(C)c1nc(N(C)CC2CCCCC2)sc1CN. The molecule has 114 valence electrons. The van der Waals surface area contributed by atoms with Gasteiger partial charge in [0.05, 0.1) is 5.69 Å². The van der Waals surface area contributed by atoms with Crippen LogP contribution in [-0.4, -0.2) is 18.6 Å². The standard InChI is InChI=1S/C16H29N3S/c1-4-12(2)15-14(10-17)20-16(18-15)19(3)11-13-8-6-5-7-9-13/h12-13H,4-11,17H2,1-3H3. The summed E-state index contributed by atoms with van der Waals surface area (Å²) in [4.78, 5) is 8.50. The van der Waals surface area contributed by atoms with E-state index in [2.05, 4.69) is 25.8 Å². The molecule has 0 bridgehead atoms. The first-order valence-electron chi connectivity index (χ1n) is 8.06. The van der Waals surface area contributed by atoms with Crippen LogP contribution in [0.3, 0.4) is 0 Å². The number of rotatable bonds is 6. The normalized spacial score (nSPS) is 18.2. The van der Waals surface area contributed by atoms with Crippen molar-refractivity contribution in [3.8, 4) is 0 Å². The molecule has 2 rings (SSSR count). The molecule has 1 aromatic rings. The lowest BCUT2D eigenvalue weighted by Crippen LogP contribution is -2.26. The number of nitrogens with two attached hydrogens (primary N) is 1. The van der Waals surface area contributed by atoms with Crippen molar-refractivity contribution in [2.24, 2.45) is 11.7 Å². The number of anilines is 1. The molecule has 1 atom stereocenters. The minimum absolute atomic E-state index is 0.515. The zero-order chi connectivity index (χ0) is 14.5. The molecule has 0 spiro atoms. The van der Waals surface area contributed by atoms with Gasteiger partial charge in [-0.25, -0.2) is 4.98 Å². The highest BCUT2D eigenvalue weighted by molar-refractivity contribution is 7.15. The molecule has 1 aromatic heterocycles. The molecule has 2 N–H and O–H groups in total. The summed E-state index contributed by atoms with van der Waals surface area (Å²) in [5, 5.41) is 1.16. The van der Waals surface area contributed by atoms with Crippen LogP contribution in [0, 0.1) is 5.92 Å². The average molecular weight is 295 g/mol. The van der Waals surface area contributed by atoms with Gasteiger partial charge in [-0.1, -0.05) is 33.1 Å². The molecule has 0 aliphatic heterocycles. The van der Waals surface area contributed by atoms with Crippen LogP contribution in [-0.2, 0) is 6.54 Å². The van der Waals surface area contributed by atoms with E-state index in [4.69, 9.17) is 10.7 Å². The second kappa shape index (κ2) is 7.41. The van der Waals surface area contributed by atoms with Gasteiger partial charge in [-0.15, -0.1) is 11.3 Å². The zero-order valence-electron chi connectivity index (χ0n) is 13.2. The van der Waals surface area contributed by atoms with Crippen LogP contribution in [0.15, 0.2) is 0 Å². The Morgan fingerprint density at radius 1 is 1.35 bits per heavy atom. The molecule has 0 amide bonds. The van der Waals surface area contributed by atoms with E-state index in [-0.39, 0.29) is 0 Å². The molecule has 0 aromatic carbocycles. The summed E-state index contributed by atoms with van der Waals surface area (Å²) in [5.41, 5.74) is 7.12. The minimum Gasteiger partial charge on any atom is -0.351 e. The summed E-state index contributed by atoms with van der Waals surface area (Å²) in [6.45, 7) is 6.24. The third kappa shape index (κ3) is 3.73. The van der Waals surface area contributed by atoms with Gasteiger partial charge >= 0.3 is 0 Å². The zero-order valence-corrected chi connectivity index (χ0v) is 14.0. The lowest BCUT2D eigenvalue weighted by Gasteiger charge is -2.26. The molecule has 1 saturated carbocycles. The molecule has 0 saturated heterocycles. The van der Waals surface area contributed by atoms with Gasteiger partial charge < -0.3 is 10.6 Å². The van der Waals surface area contributed by atoms with E-state index in [9.17, 15) is 0 Å². The fourth-order valence-corrected chi connectivity index (χ4v) is 4.10. The summed E-state index contributed by atoms with van der Waals surface area (Å²) in [7, 11) is 2.19. The minimum atomic E-state index is 0.515. The van der Waals surface area contributed by atoms with Crippen LogP contribution in [0.25, 0.3) is 0 Å². The fraction of sp³-hybridized carbons (Fsp3) is 0.812. The number of hydrogen-bond donors (Lipinski definition) is 1. The summed E-state index contributed by atoms with van der Waals surface area (Å²) >= 11 is 1.79. The first kappa shape index (κ1) is 15.8. The Bertz CT molecular complexity index is 410. The molecular weight excluding hydrogens is 266 g/mol. The maximum absolute atomic E-state index is 5.89. The van der Waals surface area contributed by atoms with E-state index in [0.717, 1.165) is 24.0 Å². The highest BCUT2D eigenvalue weighted by Gasteiger charge is 2.20.